The minimum atomic E-state index is -0.463. The van der Waals surface area contributed by atoms with Crippen LogP contribution in [0.4, 0.5) is 5.69 Å². The minimum Gasteiger partial charge on any atom is -0.378 e. The van der Waals surface area contributed by atoms with Crippen LogP contribution in [0.5, 0.6) is 0 Å². The molecule has 2 amide bonds. The van der Waals surface area contributed by atoms with E-state index in [0.717, 1.165) is 0 Å². The fourth-order valence-corrected chi connectivity index (χ4v) is 2.56. The van der Waals surface area contributed by atoms with Gasteiger partial charge in [-0.1, -0.05) is 12.1 Å². The molecular formula is C16H21N3O5. The van der Waals surface area contributed by atoms with Crippen LogP contribution in [0.25, 0.3) is 0 Å². The summed E-state index contributed by atoms with van der Waals surface area (Å²) in [6.45, 7) is 3.70. The first-order valence-electron chi connectivity index (χ1n) is 7.72. The summed E-state index contributed by atoms with van der Waals surface area (Å²) in [6.07, 6.45) is 0.0282. The molecule has 24 heavy (non-hydrogen) atoms. The second-order valence-electron chi connectivity index (χ2n) is 5.74. The summed E-state index contributed by atoms with van der Waals surface area (Å²) in [7, 11) is 1.56. The van der Waals surface area contributed by atoms with Gasteiger partial charge in [0.25, 0.3) is 5.69 Å². The van der Waals surface area contributed by atoms with Gasteiger partial charge >= 0.3 is 0 Å². The molecule has 8 heteroatoms. The second kappa shape index (κ2) is 7.87. The zero-order valence-corrected chi connectivity index (χ0v) is 13.9. The van der Waals surface area contributed by atoms with Crippen molar-refractivity contribution in [2.24, 2.45) is 0 Å². The van der Waals surface area contributed by atoms with Gasteiger partial charge in [0.05, 0.1) is 31.1 Å². The molecule has 1 aliphatic heterocycles. The summed E-state index contributed by atoms with van der Waals surface area (Å²) >= 11 is 0. The number of nitro benzene ring substituents is 1. The number of likely N-dealkylation sites (N-methyl/N-ethyl adjacent to an activating group) is 1. The molecule has 1 aromatic carbocycles. The van der Waals surface area contributed by atoms with Gasteiger partial charge in [0.1, 0.15) is 0 Å². The Balaban J connectivity index is 1.97. The third-order valence-electron chi connectivity index (χ3n) is 4.12. The number of amides is 2. The molecule has 130 valence electrons. The van der Waals surface area contributed by atoms with Gasteiger partial charge in [0.2, 0.25) is 11.8 Å². The molecule has 2 rings (SSSR count). The SMILES string of the molecule is Cc1c(CC(=O)N(C)CC(=O)N2CCOCC2)cccc1[N+](=O)[O-]. The Labute approximate surface area is 140 Å². The highest BCUT2D eigenvalue weighted by molar-refractivity contribution is 5.86. The number of hydrogen-bond acceptors (Lipinski definition) is 5. The van der Waals surface area contributed by atoms with Crippen LogP contribution in [0.15, 0.2) is 18.2 Å². The van der Waals surface area contributed by atoms with Crippen molar-refractivity contribution in [1.82, 2.24) is 9.80 Å². The van der Waals surface area contributed by atoms with Crippen LogP contribution in [0, 0.1) is 17.0 Å². The lowest BCUT2D eigenvalue weighted by Crippen LogP contribution is -2.46. The largest absolute Gasteiger partial charge is 0.378 e. The summed E-state index contributed by atoms with van der Waals surface area (Å²) < 4.78 is 5.20. The Morgan fingerprint density at radius 3 is 2.62 bits per heavy atom. The second-order valence-corrected chi connectivity index (χ2v) is 5.74. The van der Waals surface area contributed by atoms with Crippen LogP contribution in [-0.2, 0) is 20.7 Å². The number of carbonyl (C=O) groups excluding carboxylic acids is 2. The Hall–Kier alpha value is -2.48. The molecule has 1 aromatic rings. The lowest BCUT2D eigenvalue weighted by atomic mass is 10.0. The van der Waals surface area contributed by atoms with Gasteiger partial charge in [-0.3, -0.25) is 19.7 Å². The third kappa shape index (κ3) is 4.29. The number of hydrogen-bond donors (Lipinski definition) is 0. The zero-order chi connectivity index (χ0) is 17.7. The maximum Gasteiger partial charge on any atom is 0.272 e. The molecule has 0 bridgehead atoms. The predicted octanol–water partition coefficient (Wildman–Crippen LogP) is 0.763. The van der Waals surface area contributed by atoms with Crippen molar-refractivity contribution < 1.29 is 19.2 Å². The molecule has 0 N–H and O–H groups in total. The number of benzene rings is 1. The lowest BCUT2D eigenvalue weighted by Gasteiger charge is -2.28. The number of morpholine rings is 1. The predicted molar refractivity (Wildman–Crippen MR) is 86.6 cm³/mol. The van der Waals surface area contributed by atoms with E-state index in [2.05, 4.69) is 0 Å². The number of nitrogens with zero attached hydrogens (tertiary/aromatic N) is 3. The fraction of sp³-hybridized carbons (Fsp3) is 0.500. The molecule has 0 spiro atoms. The molecule has 0 aromatic heterocycles. The molecule has 8 nitrogen and oxygen atoms in total. The molecule has 0 saturated carbocycles. The molecular weight excluding hydrogens is 314 g/mol. The Morgan fingerprint density at radius 1 is 1.33 bits per heavy atom. The molecule has 0 aliphatic carbocycles. The lowest BCUT2D eigenvalue weighted by molar-refractivity contribution is -0.385. The highest BCUT2D eigenvalue weighted by Gasteiger charge is 2.22. The van der Waals surface area contributed by atoms with E-state index in [-0.39, 0.29) is 30.5 Å². The van der Waals surface area contributed by atoms with Crippen LogP contribution in [0.3, 0.4) is 0 Å². The van der Waals surface area contributed by atoms with Crippen molar-refractivity contribution in [3.05, 3.63) is 39.4 Å². The van der Waals surface area contributed by atoms with E-state index in [9.17, 15) is 19.7 Å². The molecule has 1 fully saturated rings. The van der Waals surface area contributed by atoms with Crippen LogP contribution in [0.1, 0.15) is 11.1 Å². The van der Waals surface area contributed by atoms with E-state index < -0.39 is 4.92 Å². The first kappa shape index (κ1) is 17.9. The highest BCUT2D eigenvalue weighted by atomic mass is 16.6. The average molecular weight is 335 g/mol. The average Bonchev–Trinajstić information content (AvgIpc) is 2.57. The van der Waals surface area contributed by atoms with Gasteiger partial charge in [-0.2, -0.15) is 0 Å². The Kier molecular flexibility index (Phi) is 5.86. The van der Waals surface area contributed by atoms with Crippen molar-refractivity contribution in [3.8, 4) is 0 Å². The number of carbonyl (C=O) groups is 2. The quantitative estimate of drug-likeness (QED) is 0.585. The van der Waals surface area contributed by atoms with E-state index in [1.165, 1.54) is 11.0 Å². The van der Waals surface area contributed by atoms with Gasteiger partial charge in [-0.05, 0) is 12.5 Å². The zero-order valence-electron chi connectivity index (χ0n) is 13.9. The summed E-state index contributed by atoms with van der Waals surface area (Å²) in [5.74, 6) is -0.370. The van der Waals surface area contributed by atoms with E-state index in [0.29, 0.717) is 37.4 Å². The molecule has 0 atom stereocenters. The van der Waals surface area contributed by atoms with Crippen molar-refractivity contribution in [3.63, 3.8) is 0 Å². The van der Waals surface area contributed by atoms with Crippen molar-refractivity contribution in [2.75, 3.05) is 39.9 Å². The number of ether oxygens (including phenoxy) is 1. The molecule has 0 radical (unpaired) electrons. The monoisotopic (exact) mass is 335 g/mol. The number of nitro groups is 1. The van der Waals surface area contributed by atoms with E-state index >= 15 is 0 Å². The standard InChI is InChI=1S/C16H21N3O5/c1-12-13(4-3-5-14(12)19(22)23)10-15(20)17(2)11-16(21)18-6-8-24-9-7-18/h3-5H,6-11H2,1-2H3. The highest BCUT2D eigenvalue weighted by Crippen LogP contribution is 2.21. The van der Waals surface area contributed by atoms with Crippen molar-refractivity contribution >= 4 is 17.5 Å². The molecule has 1 saturated heterocycles. The molecule has 1 aliphatic rings. The van der Waals surface area contributed by atoms with Gasteiger partial charge in [0, 0.05) is 31.8 Å². The van der Waals surface area contributed by atoms with Gasteiger partial charge in [-0.15, -0.1) is 0 Å². The smallest absolute Gasteiger partial charge is 0.272 e. The van der Waals surface area contributed by atoms with Crippen LogP contribution < -0.4 is 0 Å². The summed E-state index contributed by atoms with van der Waals surface area (Å²) in [5.41, 5.74) is 1.07. The maximum atomic E-state index is 12.3. The normalized spacial score (nSPS) is 14.3. The molecule has 0 unspecified atom stereocenters. The number of rotatable bonds is 5. The topological polar surface area (TPSA) is 93.0 Å². The summed E-state index contributed by atoms with van der Waals surface area (Å²) in [4.78, 5) is 38.0. The summed E-state index contributed by atoms with van der Waals surface area (Å²) in [5, 5.41) is 11.0. The van der Waals surface area contributed by atoms with Crippen LogP contribution in [-0.4, -0.2) is 66.4 Å². The van der Waals surface area contributed by atoms with Crippen LogP contribution in [0.2, 0.25) is 0 Å². The van der Waals surface area contributed by atoms with Gasteiger partial charge in [0.15, 0.2) is 0 Å². The van der Waals surface area contributed by atoms with Gasteiger partial charge in [-0.25, -0.2) is 0 Å². The molecule has 1 heterocycles. The Morgan fingerprint density at radius 2 is 2.00 bits per heavy atom. The Bertz CT molecular complexity index is 641. The third-order valence-corrected chi connectivity index (χ3v) is 4.12. The van der Waals surface area contributed by atoms with E-state index in [1.807, 2.05) is 0 Å². The van der Waals surface area contributed by atoms with Gasteiger partial charge < -0.3 is 14.5 Å². The first-order chi connectivity index (χ1) is 11.4. The van der Waals surface area contributed by atoms with Crippen molar-refractivity contribution in [2.45, 2.75) is 13.3 Å². The fourth-order valence-electron chi connectivity index (χ4n) is 2.56. The van der Waals surface area contributed by atoms with E-state index in [1.54, 1.807) is 31.0 Å². The van der Waals surface area contributed by atoms with Crippen molar-refractivity contribution in [1.29, 1.82) is 0 Å². The maximum absolute atomic E-state index is 12.3. The summed E-state index contributed by atoms with van der Waals surface area (Å²) in [6, 6.07) is 4.67. The minimum absolute atomic E-state index is 0.00709. The van der Waals surface area contributed by atoms with E-state index in [4.69, 9.17) is 4.74 Å². The van der Waals surface area contributed by atoms with Crippen LogP contribution >= 0.6 is 0 Å². The first-order valence-corrected chi connectivity index (χ1v) is 7.72.